The first-order valence-electron chi connectivity index (χ1n) is 3.95. The van der Waals surface area contributed by atoms with Gasteiger partial charge in [-0.05, 0) is 20.3 Å². The van der Waals surface area contributed by atoms with Crippen molar-refractivity contribution in [2.75, 3.05) is 0 Å². The van der Waals surface area contributed by atoms with Gasteiger partial charge in [-0.15, -0.1) is 0 Å². The quantitative estimate of drug-likeness (QED) is 0.469. The number of alkyl halides is 1. The van der Waals surface area contributed by atoms with Gasteiger partial charge in [0.15, 0.2) is 0 Å². The summed E-state index contributed by atoms with van der Waals surface area (Å²) in [5.74, 6) is -2.02. The number of halogens is 1. The molecule has 0 aliphatic carbocycles. The fraction of sp³-hybridized carbons (Fsp3) is 0.750. The molecule has 0 saturated heterocycles. The zero-order chi connectivity index (χ0) is 10.6. The SMILES string of the molecule is CCC(C)OC(=O)C(C)(Br)C(=O)O. The molecule has 0 aromatic heterocycles. The summed E-state index contributed by atoms with van der Waals surface area (Å²) in [5.41, 5.74) is 0. The van der Waals surface area contributed by atoms with Crippen molar-refractivity contribution in [2.24, 2.45) is 0 Å². The van der Waals surface area contributed by atoms with Crippen LogP contribution in [0.3, 0.4) is 0 Å². The lowest BCUT2D eigenvalue weighted by Crippen LogP contribution is -2.40. The molecule has 0 bridgehead atoms. The van der Waals surface area contributed by atoms with Crippen molar-refractivity contribution in [3.63, 3.8) is 0 Å². The van der Waals surface area contributed by atoms with E-state index in [-0.39, 0.29) is 6.10 Å². The van der Waals surface area contributed by atoms with Crippen LogP contribution in [0.5, 0.6) is 0 Å². The van der Waals surface area contributed by atoms with E-state index in [0.717, 1.165) is 0 Å². The van der Waals surface area contributed by atoms with Crippen LogP contribution >= 0.6 is 15.9 Å². The molecule has 0 aromatic carbocycles. The summed E-state index contributed by atoms with van der Waals surface area (Å²) >= 11 is 2.80. The summed E-state index contributed by atoms with van der Waals surface area (Å²) in [6.07, 6.45) is 0.401. The molecule has 76 valence electrons. The molecule has 4 nitrogen and oxygen atoms in total. The zero-order valence-corrected chi connectivity index (χ0v) is 9.42. The van der Waals surface area contributed by atoms with Crippen LogP contribution in [0.15, 0.2) is 0 Å². The molecule has 0 radical (unpaired) electrons. The molecule has 0 aliphatic rings. The molecule has 0 saturated carbocycles. The molecule has 13 heavy (non-hydrogen) atoms. The fourth-order valence-electron chi connectivity index (χ4n) is 0.464. The molecule has 0 rings (SSSR count). The second-order valence-corrected chi connectivity index (χ2v) is 4.52. The number of ether oxygens (including phenoxy) is 1. The van der Waals surface area contributed by atoms with Gasteiger partial charge in [-0.2, -0.15) is 0 Å². The van der Waals surface area contributed by atoms with Crippen molar-refractivity contribution in [1.82, 2.24) is 0 Å². The number of hydrogen-bond acceptors (Lipinski definition) is 3. The average molecular weight is 253 g/mol. The maximum absolute atomic E-state index is 11.2. The van der Waals surface area contributed by atoms with E-state index >= 15 is 0 Å². The number of carbonyl (C=O) groups is 2. The van der Waals surface area contributed by atoms with Gasteiger partial charge in [0.25, 0.3) is 0 Å². The maximum atomic E-state index is 11.2. The summed E-state index contributed by atoms with van der Waals surface area (Å²) in [5, 5.41) is 8.65. The van der Waals surface area contributed by atoms with Crippen molar-refractivity contribution in [2.45, 2.75) is 37.6 Å². The van der Waals surface area contributed by atoms with Crippen molar-refractivity contribution in [1.29, 1.82) is 0 Å². The standard InChI is InChI=1S/C8H13BrO4/c1-4-5(2)13-7(12)8(3,9)6(10)11/h5H,4H2,1-3H3,(H,10,11). The number of carboxylic acid groups (broad SMARTS) is 1. The molecule has 0 amide bonds. The van der Waals surface area contributed by atoms with Gasteiger partial charge < -0.3 is 9.84 Å². The van der Waals surface area contributed by atoms with Crippen LogP contribution in [0.4, 0.5) is 0 Å². The Balaban J connectivity index is 4.34. The Morgan fingerprint density at radius 2 is 2.08 bits per heavy atom. The Kier molecular flexibility index (Phi) is 4.39. The van der Waals surface area contributed by atoms with Gasteiger partial charge in [0.1, 0.15) is 0 Å². The summed E-state index contributed by atoms with van der Waals surface area (Å²) in [4.78, 5) is 21.8. The van der Waals surface area contributed by atoms with Gasteiger partial charge in [0.05, 0.1) is 6.10 Å². The second-order valence-electron chi connectivity index (χ2n) is 2.93. The van der Waals surface area contributed by atoms with Crippen LogP contribution in [-0.2, 0) is 14.3 Å². The molecular weight excluding hydrogens is 240 g/mol. The van der Waals surface area contributed by atoms with Crippen molar-refractivity contribution >= 4 is 27.9 Å². The van der Waals surface area contributed by atoms with Gasteiger partial charge in [0.2, 0.25) is 4.32 Å². The predicted molar refractivity (Wildman–Crippen MR) is 50.8 cm³/mol. The number of hydrogen-bond donors (Lipinski definition) is 1. The highest BCUT2D eigenvalue weighted by Crippen LogP contribution is 2.20. The summed E-state index contributed by atoms with van der Waals surface area (Å²) in [7, 11) is 0. The number of aliphatic carboxylic acids is 1. The minimum Gasteiger partial charge on any atom is -0.480 e. The van der Waals surface area contributed by atoms with Crippen molar-refractivity contribution in [3.05, 3.63) is 0 Å². The van der Waals surface area contributed by atoms with Crippen LogP contribution in [-0.4, -0.2) is 27.5 Å². The molecule has 2 unspecified atom stereocenters. The number of esters is 1. The molecule has 2 atom stereocenters. The molecule has 0 heterocycles. The average Bonchev–Trinajstić information content (AvgIpc) is 2.03. The van der Waals surface area contributed by atoms with E-state index in [1.807, 2.05) is 6.92 Å². The van der Waals surface area contributed by atoms with Crippen LogP contribution < -0.4 is 0 Å². The van der Waals surface area contributed by atoms with Crippen LogP contribution in [0.1, 0.15) is 27.2 Å². The van der Waals surface area contributed by atoms with Gasteiger partial charge in [0, 0.05) is 0 Å². The van der Waals surface area contributed by atoms with Gasteiger partial charge >= 0.3 is 11.9 Å². The molecule has 0 aromatic rings. The van der Waals surface area contributed by atoms with Crippen molar-refractivity contribution in [3.8, 4) is 0 Å². The Morgan fingerprint density at radius 1 is 1.62 bits per heavy atom. The molecular formula is C8H13BrO4. The topological polar surface area (TPSA) is 63.6 Å². The third-order valence-electron chi connectivity index (χ3n) is 1.67. The van der Waals surface area contributed by atoms with E-state index in [1.165, 1.54) is 6.92 Å². The highest BCUT2D eigenvalue weighted by molar-refractivity contribution is 9.10. The Morgan fingerprint density at radius 3 is 2.38 bits per heavy atom. The van der Waals surface area contributed by atoms with Crippen LogP contribution in [0.25, 0.3) is 0 Å². The first kappa shape index (κ1) is 12.4. The largest absolute Gasteiger partial charge is 0.480 e. The monoisotopic (exact) mass is 252 g/mol. The summed E-state index contributed by atoms with van der Waals surface area (Å²) < 4.78 is 3.22. The smallest absolute Gasteiger partial charge is 0.334 e. The highest BCUT2D eigenvalue weighted by Gasteiger charge is 2.40. The number of carboxylic acids is 1. The van der Waals surface area contributed by atoms with E-state index in [2.05, 4.69) is 15.9 Å². The highest BCUT2D eigenvalue weighted by atomic mass is 79.9. The third kappa shape index (κ3) is 3.34. The molecule has 5 heteroatoms. The van der Waals surface area contributed by atoms with Crippen LogP contribution in [0.2, 0.25) is 0 Å². The van der Waals surface area contributed by atoms with Gasteiger partial charge in [-0.1, -0.05) is 22.9 Å². The number of carbonyl (C=O) groups excluding carboxylic acids is 1. The van der Waals surface area contributed by atoms with E-state index < -0.39 is 16.3 Å². The lowest BCUT2D eigenvalue weighted by molar-refractivity contribution is -0.157. The summed E-state index contributed by atoms with van der Waals surface area (Å²) in [6.45, 7) is 4.81. The minimum absolute atomic E-state index is 0.260. The Bertz CT molecular complexity index is 212. The van der Waals surface area contributed by atoms with E-state index in [9.17, 15) is 9.59 Å². The second kappa shape index (κ2) is 4.60. The zero-order valence-electron chi connectivity index (χ0n) is 7.83. The molecule has 0 fully saturated rings. The Hall–Kier alpha value is -0.580. The predicted octanol–water partition coefficient (Wildman–Crippen LogP) is 1.57. The fourth-order valence-corrected chi connectivity index (χ4v) is 0.557. The van der Waals surface area contributed by atoms with Gasteiger partial charge in [-0.3, -0.25) is 4.79 Å². The maximum Gasteiger partial charge on any atom is 0.334 e. The number of rotatable bonds is 4. The lowest BCUT2D eigenvalue weighted by atomic mass is 10.2. The van der Waals surface area contributed by atoms with Crippen molar-refractivity contribution < 1.29 is 19.4 Å². The third-order valence-corrected chi connectivity index (χ3v) is 2.33. The Labute approximate surface area is 85.4 Å². The summed E-state index contributed by atoms with van der Waals surface area (Å²) in [6, 6.07) is 0. The normalized spacial score (nSPS) is 17.2. The first-order valence-corrected chi connectivity index (χ1v) is 4.75. The van der Waals surface area contributed by atoms with E-state index in [1.54, 1.807) is 6.92 Å². The van der Waals surface area contributed by atoms with E-state index in [0.29, 0.717) is 6.42 Å². The molecule has 0 aliphatic heterocycles. The first-order chi connectivity index (χ1) is 5.82. The van der Waals surface area contributed by atoms with Crippen LogP contribution in [0, 0.1) is 0 Å². The lowest BCUT2D eigenvalue weighted by Gasteiger charge is -2.18. The minimum atomic E-state index is -1.64. The van der Waals surface area contributed by atoms with E-state index in [4.69, 9.17) is 9.84 Å². The van der Waals surface area contributed by atoms with Gasteiger partial charge in [-0.25, -0.2) is 4.79 Å². The molecule has 1 N–H and O–H groups in total. The molecule has 0 spiro atoms.